The van der Waals surface area contributed by atoms with Crippen molar-refractivity contribution in [3.8, 4) is 6.07 Å². The molecule has 0 atom stereocenters. The average Bonchev–Trinajstić information content (AvgIpc) is 2.74. The zero-order valence-corrected chi connectivity index (χ0v) is 15.5. The Hall–Kier alpha value is -4.31. The van der Waals surface area contributed by atoms with Gasteiger partial charge >= 0.3 is 0 Å². The Morgan fingerprint density at radius 1 is 0.862 bits per heavy atom. The summed E-state index contributed by atoms with van der Waals surface area (Å²) in [7, 11) is 0. The molecule has 142 valence electrons. The lowest BCUT2D eigenvalue weighted by Gasteiger charge is -2.08. The third kappa shape index (κ3) is 4.90. The fourth-order valence-electron chi connectivity index (χ4n) is 2.54. The fourth-order valence-corrected chi connectivity index (χ4v) is 2.54. The number of anilines is 2. The molecule has 0 fully saturated rings. The van der Waals surface area contributed by atoms with Gasteiger partial charge in [-0.25, -0.2) is 0 Å². The fraction of sp³-hybridized carbons (Fsp3) is 0.0455. The number of hydrogen-bond donors (Lipinski definition) is 2. The van der Waals surface area contributed by atoms with E-state index in [0.29, 0.717) is 22.5 Å². The van der Waals surface area contributed by atoms with Crippen molar-refractivity contribution in [3.63, 3.8) is 0 Å². The number of Topliss-reactive ketones (excluding diaryl/α,β-unsaturated/α-hetero) is 1. The maximum Gasteiger partial charge on any atom is 0.274 e. The molecule has 0 aliphatic heterocycles. The summed E-state index contributed by atoms with van der Waals surface area (Å²) in [5.74, 6) is -1.02. The Labute approximate surface area is 167 Å². The van der Waals surface area contributed by atoms with Crippen molar-refractivity contribution in [3.05, 3.63) is 89.2 Å². The number of nitriles is 1. The minimum atomic E-state index is -0.483. The number of aromatic nitrogens is 1. The van der Waals surface area contributed by atoms with Gasteiger partial charge in [-0.2, -0.15) is 5.26 Å². The topological polar surface area (TPSA) is 112 Å². The minimum Gasteiger partial charge on any atom is -0.322 e. The summed E-state index contributed by atoms with van der Waals surface area (Å²) in [6.07, 6.45) is 1.37. The van der Waals surface area contributed by atoms with E-state index in [0.717, 1.165) is 0 Å². The van der Waals surface area contributed by atoms with Crippen molar-refractivity contribution in [2.75, 3.05) is 10.6 Å². The predicted octanol–water partition coefficient (Wildman–Crippen LogP) is 3.66. The van der Waals surface area contributed by atoms with Gasteiger partial charge in [0.1, 0.15) is 5.69 Å². The molecule has 7 nitrogen and oxygen atoms in total. The number of pyridine rings is 1. The quantitative estimate of drug-likeness (QED) is 0.652. The van der Waals surface area contributed by atoms with E-state index in [1.54, 1.807) is 48.5 Å². The van der Waals surface area contributed by atoms with Crippen LogP contribution in [0.25, 0.3) is 0 Å². The smallest absolute Gasteiger partial charge is 0.274 e. The summed E-state index contributed by atoms with van der Waals surface area (Å²) in [5.41, 5.74) is 2.26. The molecule has 0 saturated heterocycles. The van der Waals surface area contributed by atoms with Crippen LogP contribution in [-0.2, 0) is 0 Å². The molecule has 0 saturated carbocycles. The molecule has 3 rings (SSSR count). The van der Waals surface area contributed by atoms with Crippen LogP contribution in [0, 0.1) is 11.3 Å². The Morgan fingerprint density at radius 2 is 1.59 bits per heavy atom. The lowest BCUT2D eigenvalue weighted by Crippen LogP contribution is -2.17. The Balaban J connectivity index is 1.73. The number of ketones is 1. The molecule has 2 N–H and O–H groups in total. The number of carbonyl (C=O) groups is 3. The molecule has 2 aromatic carbocycles. The number of hydrogen-bond acceptors (Lipinski definition) is 5. The van der Waals surface area contributed by atoms with Gasteiger partial charge in [-0.1, -0.05) is 12.1 Å². The molecule has 2 amide bonds. The number of amides is 2. The second-order valence-corrected chi connectivity index (χ2v) is 6.16. The monoisotopic (exact) mass is 384 g/mol. The van der Waals surface area contributed by atoms with Gasteiger partial charge in [-0.05, 0) is 55.5 Å². The summed E-state index contributed by atoms with van der Waals surface area (Å²) >= 11 is 0. The van der Waals surface area contributed by atoms with E-state index in [9.17, 15) is 14.4 Å². The molecular weight excluding hydrogens is 368 g/mol. The highest BCUT2D eigenvalue weighted by molar-refractivity contribution is 6.08. The molecule has 0 aliphatic rings. The SMILES string of the molecule is CC(=O)c1cccc(NC(=O)c2ccnc(C(=O)Nc3ccc(C#N)cc3)c2)c1. The first kappa shape index (κ1) is 19.5. The van der Waals surface area contributed by atoms with E-state index >= 15 is 0 Å². The highest BCUT2D eigenvalue weighted by atomic mass is 16.2. The summed E-state index contributed by atoms with van der Waals surface area (Å²) in [6, 6.07) is 17.8. The summed E-state index contributed by atoms with van der Waals surface area (Å²) in [5, 5.41) is 14.2. The lowest BCUT2D eigenvalue weighted by molar-refractivity contribution is 0.100. The number of carbonyl (C=O) groups excluding carboxylic acids is 3. The largest absolute Gasteiger partial charge is 0.322 e. The summed E-state index contributed by atoms with van der Waals surface area (Å²) in [4.78, 5) is 40.4. The minimum absolute atomic E-state index is 0.0690. The number of rotatable bonds is 5. The van der Waals surface area contributed by atoms with E-state index in [-0.39, 0.29) is 17.0 Å². The molecular formula is C22H16N4O3. The van der Waals surface area contributed by atoms with E-state index in [4.69, 9.17) is 5.26 Å². The van der Waals surface area contributed by atoms with E-state index in [1.165, 1.54) is 25.3 Å². The Bertz CT molecular complexity index is 1130. The van der Waals surface area contributed by atoms with Crippen LogP contribution in [-0.4, -0.2) is 22.6 Å². The molecule has 1 aromatic heterocycles. The molecule has 0 bridgehead atoms. The number of nitrogens with zero attached hydrogens (tertiary/aromatic N) is 2. The zero-order valence-electron chi connectivity index (χ0n) is 15.5. The van der Waals surface area contributed by atoms with Gasteiger partial charge < -0.3 is 10.6 Å². The van der Waals surface area contributed by atoms with Gasteiger partial charge in [0.05, 0.1) is 11.6 Å². The second-order valence-electron chi connectivity index (χ2n) is 6.16. The molecule has 1 heterocycles. The Kier molecular flexibility index (Phi) is 5.76. The molecule has 29 heavy (non-hydrogen) atoms. The normalized spacial score (nSPS) is 9.93. The van der Waals surface area contributed by atoms with Crippen molar-refractivity contribution >= 4 is 29.0 Å². The Morgan fingerprint density at radius 3 is 2.28 bits per heavy atom. The molecule has 0 radical (unpaired) electrons. The third-order valence-electron chi connectivity index (χ3n) is 4.05. The molecule has 0 aliphatic carbocycles. The van der Waals surface area contributed by atoms with Crippen LogP contribution in [0.3, 0.4) is 0 Å². The van der Waals surface area contributed by atoms with Crippen LogP contribution >= 0.6 is 0 Å². The third-order valence-corrected chi connectivity index (χ3v) is 4.05. The number of benzene rings is 2. The van der Waals surface area contributed by atoms with Crippen LogP contribution in [0.1, 0.15) is 43.7 Å². The van der Waals surface area contributed by atoms with Crippen molar-refractivity contribution in [1.29, 1.82) is 5.26 Å². The van der Waals surface area contributed by atoms with Crippen molar-refractivity contribution in [2.24, 2.45) is 0 Å². The molecule has 0 spiro atoms. The van der Waals surface area contributed by atoms with E-state index < -0.39 is 11.8 Å². The van der Waals surface area contributed by atoms with Crippen molar-refractivity contribution < 1.29 is 14.4 Å². The van der Waals surface area contributed by atoms with Crippen LogP contribution < -0.4 is 10.6 Å². The van der Waals surface area contributed by atoms with Crippen LogP contribution in [0.2, 0.25) is 0 Å². The second kappa shape index (κ2) is 8.59. The van der Waals surface area contributed by atoms with Gasteiger partial charge in [0.25, 0.3) is 11.8 Å². The highest BCUT2D eigenvalue weighted by Crippen LogP contribution is 2.14. The maximum atomic E-state index is 12.5. The molecule has 3 aromatic rings. The predicted molar refractivity (Wildman–Crippen MR) is 108 cm³/mol. The van der Waals surface area contributed by atoms with Gasteiger partial charge in [0.2, 0.25) is 0 Å². The van der Waals surface area contributed by atoms with Crippen molar-refractivity contribution in [2.45, 2.75) is 6.92 Å². The summed E-state index contributed by atoms with van der Waals surface area (Å²) < 4.78 is 0. The van der Waals surface area contributed by atoms with Crippen molar-refractivity contribution in [1.82, 2.24) is 4.98 Å². The maximum absolute atomic E-state index is 12.5. The first-order chi connectivity index (χ1) is 14.0. The van der Waals surface area contributed by atoms with Crippen LogP contribution in [0.4, 0.5) is 11.4 Å². The zero-order chi connectivity index (χ0) is 20.8. The van der Waals surface area contributed by atoms with Gasteiger partial charge in [0, 0.05) is 28.7 Å². The summed E-state index contributed by atoms with van der Waals surface area (Å²) in [6.45, 7) is 1.45. The number of nitrogens with one attached hydrogen (secondary N) is 2. The standard InChI is InChI=1S/C22H16N4O3/c1-14(27)16-3-2-4-19(11-16)26-21(28)17-9-10-24-20(12-17)22(29)25-18-7-5-15(13-23)6-8-18/h2-12H,1H3,(H,25,29)(H,26,28). The highest BCUT2D eigenvalue weighted by Gasteiger charge is 2.13. The van der Waals surface area contributed by atoms with E-state index in [2.05, 4.69) is 15.6 Å². The van der Waals surface area contributed by atoms with E-state index in [1.807, 2.05) is 6.07 Å². The van der Waals surface area contributed by atoms with Gasteiger partial charge in [-0.15, -0.1) is 0 Å². The molecule has 0 unspecified atom stereocenters. The molecule has 7 heteroatoms. The van der Waals surface area contributed by atoms with Gasteiger partial charge in [-0.3, -0.25) is 19.4 Å². The first-order valence-corrected chi connectivity index (χ1v) is 8.66. The first-order valence-electron chi connectivity index (χ1n) is 8.66. The van der Waals surface area contributed by atoms with Gasteiger partial charge in [0.15, 0.2) is 5.78 Å². The van der Waals surface area contributed by atoms with Crippen LogP contribution in [0.15, 0.2) is 66.9 Å². The van der Waals surface area contributed by atoms with Crippen LogP contribution in [0.5, 0.6) is 0 Å². The average molecular weight is 384 g/mol. The lowest BCUT2D eigenvalue weighted by atomic mass is 10.1.